The maximum Gasteiger partial charge on any atom is 0.237 e. The van der Waals surface area contributed by atoms with Gasteiger partial charge in [-0.3, -0.25) is 4.72 Å². The minimum absolute atomic E-state index is 0.0124. The van der Waals surface area contributed by atoms with Crippen molar-refractivity contribution < 1.29 is 12.8 Å². The summed E-state index contributed by atoms with van der Waals surface area (Å²) in [6, 6.07) is 12.0. The number of anilines is 2. The van der Waals surface area contributed by atoms with Crippen LogP contribution in [-0.4, -0.2) is 8.42 Å². The van der Waals surface area contributed by atoms with Crippen LogP contribution in [0.3, 0.4) is 0 Å². The number of nitrogens with one attached hydrogen (secondary N) is 1. The predicted octanol–water partition coefficient (Wildman–Crippen LogP) is 2.22. The zero-order valence-electron chi connectivity index (χ0n) is 10.9. The first-order valence-electron chi connectivity index (χ1n) is 5.95. The van der Waals surface area contributed by atoms with Crippen LogP contribution in [0.4, 0.5) is 15.8 Å². The molecule has 0 fully saturated rings. The van der Waals surface area contributed by atoms with Gasteiger partial charge in [-0.2, -0.15) is 5.26 Å². The highest BCUT2D eigenvalue weighted by atomic mass is 32.2. The highest BCUT2D eigenvalue weighted by Gasteiger charge is 2.16. The molecule has 2 rings (SSSR count). The summed E-state index contributed by atoms with van der Waals surface area (Å²) < 4.78 is 39.8. The van der Waals surface area contributed by atoms with E-state index in [1.807, 2.05) is 6.07 Å². The molecule has 0 aliphatic carbocycles. The molecule has 0 aliphatic heterocycles. The van der Waals surface area contributed by atoms with Crippen LogP contribution in [0.15, 0.2) is 42.5 Å². The van der Waals surface area contributed by atoms with E-state index < -0.39 is 15.8 Å². The van der Waals surface area contributed by atoms with Gasteiger partial charge < -0.3 is 5.73 Å². The number of rotatable bonds is 4. The lowest BCUT2D eigenvalue weighted by Gasteiger charge is -2.11. The molecular weight excluding hydrogens is 293 g/mol. The summed E-state index contributed by atoms with van der Waals surface area (Å²) in [6.07, 6.45) is 0. The normalized spacial score (nSPS) is 10.9. The second-order valence-electron chi connectivity index (χ2n) is 4.37. The lowest BCUT2D eigenvalue weighted by molar-refractivity contribution is 0.598. The lowest BCUT2D eigenvalue weighted by atomic mass is 10.2. The number of nitrogens with zero attached hydrogens (tertiary/aromatic N) is 1. The monoisotopic (exact) mass is 305 g/mol. The van der Waals surface area contributed by atoms with Crippen molar-refractivity contribution in [3.63, 3.8) is 0 Å². The van der Waals surface area contributed by atoms with E-state index in [0.717, 1.165) is 6.07 Å². The number of halogens is 1. The molecule has 3 N–H and O–H groups in total. The zero-order chi connectivity index (χ0) is 15.5. The van der Waals surface area contributed by atoms with Gasteiger partial charge in [0.25, 0.3) is 0 Å². The Bertz CT molecular complexity index is 776. The quantitative estimate of drug-likeness (QED) is 0.846. The second-order valence-corrected chi connectivity index (χ2v) is 6.10. The highest BCUT2D eigenvalue weighted by Crippen LogP contribution is 2.23. The Morgan fingerprint density at radius 3 is 2.43 bits per heavy atom. The van der Waals surface area contributed by atoms with E-state index in [9.17, 15) is 12.8 Å². The highest BCUT2D eigenvalue weighted by molar-refractivity contribution is 7.91. The molecule has 2 aromatic rings. The molecule has 0 saturated carbocycles. The van der Waals surface area contributed by atoms with Crippen molar-refractivity contribution in [3.8, 4) is 6.07 Å². The van der Waals surface area contributed by atoms with E-state index >= 15 is 0 Å². The number of sulfonamides is 1. The Hall–Kier alpha value is -2.59. The molecule has 0 bridgehead atoms. The van der Waals surface area contributed by atoms with Crippen LogP contribution in [0.1, 0.15) is 11.1 Å². The molecule has 0 heterocycles. The number of nitrogen functional groups attached to an aromatic ring is 1. The summed E-state index contributed by atoms with van der Waals surface area (Å²) in [4.78, 5) is 0. The van der Waals surface area contributed by atoms with E-state index in [4.69, 9.17) is 11.0 Å². The molecule has 0 spiro atoms. The first-order valence-corrected chi connectivity index (χ1v) is 7.60. The van der Waals surface area contributed by atoms with Crippen molar-refractivity contribution in [1.82, 2.24) is 0 Å². The molecular formula is C14H12FN3O2S. The van der Waals surface area contributed by atoms with Gasteiger partial charge in [-0.05, 0) is 29.8 Å². The van der Waals surface area contributed by atoms with Gasteiger partial charge in [0, 0.05) is 0 Å². The summed E-state index contributed by atoms with van der Waals surface area (Å²) in [6.45, 7) is 0. The predicted molar refractivity (Wildman–Crippen MR) is 78.2 cm³/mol. The second kappa shape index (κ2) is 5.81. The van der Waals surface area contributed by atoms with Crippen LogP contribution >= 0.6 is 0 Å². The van der Waals surface area contributed by atoms with E-state index in [1.165, 1.54) is 36.4 Å². The van der Waals surface area contributed by atoms with Gasteiger partial charge in [0.1, 0.15) is 11.5 Å². The third-order valence-corrected chi connectivity index (χ3v) is 3.97. The van der Waals surface area contributed by atoms with E-state index in [2.05, 4.69) is 4.72 Å². The van der Waals surface area contributed by atoms with E-state index in [0.29, 0.717) is 11.1 Å². The Balaban J connectivity index is 2.21. The molecule has 0 aliphatic rings. The van der Waals surface area contributed by atoms with Crippen LogP contribution < -0.4 is 10.5 Å². The summed E-state index contributed by atoms with van der Waals surface area (Å²) in [5, 5.41) is 8.68. The number of para-hydroxylation sites is 1. The molecule has 108 valence electrons. The average Bonchev–Trinajstić information content (AvgIpc) is 2.43. The zero-order valence-corrected chi connectivity index (χ0v) is 11.7. The van der Waals surface area contributed by atoms with Crippen LogP contribution in [0.5, 0.6) is 0 Å². The maximum absolute atomic E-state index is 13.6. The molecule has 0 amide bonds. The van der Waals surface area contributed by atoms with Gasteiger partial charge >= 0.3 is 0 Å². The lowest BCUT2D eigenvalue weighted by Crippen LogP contribution is -2.17. The Morgan fingerprint density at radius 2 is 1.86 bits per heavy atom. The fourth-order valence-corrected chi connectivity index (χ4v) is 2.96. The SMILES string of the molecule is N#Cc1ccc(CS(=O)(=O)Nc2c(N)cccc2F)cc1. The maximum atomic E-state index is 13.6. The van der Waals surface area contributed by atoms with Crippen molar-refractivity contribution in [2.75, 3.05) is 10.5 Å². The fraction of sp³-hybridized carbons (Fsp3) is 0.0714. The van der Waals surface area contributed by atoms with Gasteiger partial charge in [0.05, 0.1) is 23.1 Å². The third-order valence-electron chi connectivity index (χ3n) is 2.74. The molecule has 0 unspecified atom stereocenters. The van der Waals surface area contributed by atoms with Gasteiger partial charge in [-0.25, -0.2) is 12.8 Å². The van der Waals surface area contributed by atoms with Crippen molar-refractivity contribution >= 4 is 21.4 Å². The molecule has 5 nitrogen and oxygen atoms in total. The van der Waals surface area contributed by atoms with Crippen molar-refractivity contribution in [2.45, 2.75) is 5.75 Å². The number of nitriles is 1. The summed E-state index contributed by atoms with van der Waals surface area (Å²) in [5.74, 6) is -1.08. The van der Waals surface area contributed by atoms with Crippen molar-refractivity contribution in [1.29, 1.82) is 5.26 Å². The first kappa shape index (κ1) is 14.8. The van der Waals surface area contributed by atoms with Crippen LogP contribution in [0.25, 0.3) is 0 Å². The van der Waals surface area contributed by atoms with E-state index in [1.54, 1.807) is 0 Å². The molecule has 0 aromatic heterocycles. The van der Waals surface area contributed by atoms with Crippen LogP contribution in [0.2, 0.25) is 0 Å². The van der Waals surface area contributed by atoms with Gasteiger partial charge in [0.2, 0.25) is 10.0 Å². The molecule has 0 radical (unpaired) electrons. The summed E-state index contributed by atoms with van der Waals surface area (Å²) in [7, 11) is -3.81. The molecule has 0 atom stereocenters. The molecule has 21 heavy (non-hydrogen) atoms. The Kier molecular flexibility index (Phi) is 4.10. The van der Waals surface area contributed by atoms with Crippen LogP contribution in [-0.2, 0) is 15.8 Å². The molecule has 2 aromatic carbocycles. The van der Waals surface area contributed by atoms with E-state index in [-0.39, 0.29) is 17.1 Å². The summed E-state index contributed by atoms with van der Waals surface area (Å²) >= 11 is 0. The molecule has 0 saturated heterocycles. The summed E-state index contributed by atoms with van der Waals surface area (Å²) in [5.41, 5.74) is 6.23. The van der Waals surface area contributed by atoms with Gasteiger partial charge in [0.15, 0.2) is 0 Å². The molecule has 7 heteroatoms. The first-order chi connectivity index (χ1) is 9.91. The van der Waals surface area contributed by atoms with Crippen LogP contribution in [0, 0.1) is 17.1 Å². The average molecular weight is 305 g/mol. The Labute approximate surface area is 121 Å². The Morgan fingerprint density at radius 1 is 1.19 bits per heavy atom. The van der Waals surface area contributed by atoms with Crippen molar-refractivity contribution in [2.24, 2.45) is 0 Å². The fourth-order valence-electron chi connectivity index (χ4n) is 1.74. The van der Waals surface area contributed by atoms with Gasteiger partial charge in [-0.1, -0.05) is 18.2 Å². The third kappa shape index (κ3) is 3.70. The smallest absolute Gasteiger partial charge is 0.237 e. The standard InChI is InChI=1S/C14H12FN3O2S/c15-12-2-1-3-13(17)14(12)18-21(19,20)9-11-6-4-10(8-16)5-7-11/h1-7,18H,9,17H2. The van der Waals surface area contributed by atoms with Gasteiger partial charge in [-0.15, -0.1) is 0 Å². The number of hydrogen-bond donors (Lipinski definition) is 2. The largest absolute Gasteiger partial charge is 0.397 e. The number of nitrogens with two attached hydrogens (primary N) is 1. The number of benzene rings is 2. The minimum Gasteiger partial charge on any atom is -0.397 e. The minimum atomic E-state index is -3.81. The number of hydrogen-bond acceptors (Lipinski definition) is 4. The van der Waals surface area contributed by atoms with Crippen molar-refractivity contribution in [3.05, 3.63) is 59.4 Å². The topological polar surface area (TPSA) is 96.0 Å².